The number of allylic oxidation sites excluding steroid dienone is 1. The van der Waals surface area contributed by atoms with E-state index in [0.717, 1.165) is 44.1 Å². The van der Waals surface area contributed by atoms with E-state index >= 15 is 0 Å². The van der Waals surface area contributed by atoms with Gasteiger partial charge in [0.25, 0.3) is 0 Å². The number of carbonyl (C=O) groups is 1. The van der Waals surface area contributed by atoms with Crippen molar-refractivity contribution in [2.45, 2.75) is 6.92 Å². The maximum Gasteiger partial charge on any atom is 0.248 e. The molecule has 5 rings (SSSR count). The second-order valence-electron chi connectivity index (χ2n) is 8.61. The lowest BCUT2D eigenvalue weighted by Crippen LogP contribution is -2.09. The average Bonchev–Trinajstić information content (AvgIpc) is 3.35. The number of hydrogen-bond acceptors (Lipinski definition) is 5. The number of anilines is 1. The number of rotatable bonds is 7. The van der Waals surface area contributed by atoms with E-state index in [1.54, 1.807) is 33.7 Å². The van der Waals surface area contributed by atoms with Crippen LogP contribution in [0, 0.1) is 0 Å². The zero-order valence-corrected chi connectivity index (χ0v) is 21.1. The molecule has 0 aliphatic rings. The Morgan fingerprint density at radius 3 is 2.35 bits per heavy atom. The van der Waals surface area contributed by atoms with E-state index in [4.69, 9.17) is 18.6 Å². The number of carbonyl (C=O) groups excluding carboxylic acids is 1. The standard InChI is InChI=1S/C31H27NO5/c1-19(14-31(33)32-26-11-7-9-20-8-5-6-10-22(20)26)23-16-24-25(18-37-29(24)17-28(23)35-3)21-12-13-27(34-2)30(15-21)36-4/h5-18H,1-4H3,(H,32,33)/b19-14+. The highest BCUT2D eigenvalue weighted by Crippen LogP contribution is 2.40. The number of hydrogen-bond donors (Lipinski definition) is 1. The van der Waals surface area contributed by atoms with Gasteiger partial charge in [0, 0.05) is 39.7 Å². The molecule has 6 nitrogen and oxygen atoms in total. The zero-order valence-electron chi connectivity index (χ0n) is 21.1. The molecule has 0 fully saturated rings. The van der Waals surface area contributed by atoms with E-state index in [1.165, 1.54) is 0 Å². The van der Waals surface area contributed by atoms with Gasteiger partial charge in [0.05, 0.1) is 27.6 Å². The van der Waals surface area contributed by atoms with Crippen molar-refractivity contribution in [3.8, 4) is 28.4 Å². The summed E-state index contributed by atoms with van der Waals surface area (Å²) in [5.74, 6) is 1.68. The molecule has 5 aromatic rings. The summed E-state index contributed by atoms with van der Waals surface area (Å²) < 4.78 is 22.4. The zero-order chi connectivity index (χ0) is 25.9. The lowest BCUT2D eigenvalue weighted by atomic mass is 9.99. The van der Waals surface area contributed by atoms with Crippen LogP contribution in [0.1, 0.15) is 12.5 Å². The van der Waals surface area contributed by atoms with Gasteiger partial charge in [0.2, 0.25) is 5.91 Å². The van der Waals surface area contributed by atoms with Crippen molar-refractivity contribution in [1.29, 1.82) is 0 Å². The van der Waals surface area contributed by atoms with Crippen LogP contribution in [0.5, 0.6) is 17.2 Å². The lowest BCUT2D eigenvalue weighted by molar-refractivity contribution is -0.111. The Balaban J connectivity index is 1.51. The normalized spacial score (nSPS) is 11.5. The van der Waals surface area contributed by atoms with Crippen molar-refractivity contribution < 1.29 is 23.4 Å². The van der Waals surface area contributed by atoms with E-state index in [0.29, 0.717) is 22.8 Å². The summed E-state index contributed by atoms with van der Waals surface area (Å²) in [7, 11) is 4.82. The topological polar surface area (TPSA) is 69.9 Å². The number of furan rings is 1. The van der Waals surface area contributed by atoms with Crippen LogP contribution in [-0.2, 0) is 4.79 Å². The molecule has 0 saturated heterocycles. The molecule has 0 radical (unpaired) electrons. The molecule has 0 spiro atoms. The predicted molar refractivity (Wildman–Crippen MR) is 148 cm³/mol. The molecule has 1 aromatic heterocycles. The first-order chi connectivity index (χ1) is 18.0. The molecular weight excluding hydrogens is 466 g/mol. The average molecular weight is 494 g/mol. The van der Waals surface area contributed by atoms with Gasteiger partial charge in [-0.15, -0.1) is 0 Å². The molecule has 0 aliphatic carbocycles. The van der Waals surface area contributed by atoms with Gasteiger partial charge in [0.1, 0.15) is 11.3 Å². The van der Waals surface area contributed by atoms with Gasteiger partial charge in [-0.1, -0.05) is 42.5 Å². The Labute approximate surface area is 215 Å². The molecule has 6 heteroatoms. The molecule has 0 saturated carbocycles. The summed E-state index contributed by atoms with van der Waals surface area (Å²) >= 11 is 0. The number of amides is 1. The van der Waals surface area contributed by atoms with Gasteiger partial charge < -0.3 is 23.9 Å². The minimum Gasteiger partial charge on any atom is -0.496 e. The highest BCUT2D eigenvalue weighted by molar-refractivity contribution is 6.09. The quantitative estimate of drug-likeness (QED) is 0.241. The Hall–Kier alpha value is -4.71. The number of methoxy groups -OCH3 is 3. The molecule has 0 bridgehead atoms. The monoisotopic (exact) mass is 493 g/mol. The van der Waals surface area contributed by atoms with Crippen LogP contribution >= 0.6 is 0 Å². The van der Waals surface area contributed by atoms with Crippen LogP contribution in [-0.4, -0.2) is 27.2 Å². The van der Waals surface area contributed by atoms with Crippen LogP contribution < -0.4 is 19.5 Å². The Bertz CT molecular complexity index is 1640. The van der Waals surface area contributed by atoms with Gasteiger partial charge in [-0.2, -0.15) is 0 Å². The first-order valence-corrected chi connectivity index (χ1v) is 11.8. The van der Waals surface area contributed by atoms with Gasteiger partial charge in [-0.05, 0) is 47.7 Å². The summed E-state index contributed by atoms with van der Waals surface area (Å²) in [6.45, 7) is 1.89. The highest BCUT2D eigenvalue weighted by atomic mass is 16.5. The maximum atomic E-state index is 13.0. The first kappa shape index (κ1) is 24.0. The van der Waals surface area contributed by atoms with Gasteiger partial charge in [-0.3, -0.25) is 4.79 Å². The minimum atomic E-state index is -0.219. The van der Waals surface area contributed by atoms with E-state index in [1.807, 2.05) is 79.7 Å². The summed E-state index contributed by atoms with van der Waals surface area (Å²) in [6.07, 6.45) is 3.29. The molecule has 1 heterocycles. The second kappa shape index (κ2) is 10.1. The molecule has 1 amide bonds. The van der Waals surface area contributed by atoms with Crippen molar-refractivity contribution in [2.24, 2.45) is 0 Å². The smallest absolute Gasteiger partial charge is 0.248 e. The molecule has 0 unspecified atom stereocenters. The molecule has 186 valence electrons. The maximum absolute atomic E-state index is 13.0. The number of nitrogens with one attached hydrogen (secondary N) is 1. The largest absolute Gasteiger partial charge is 0.496 e. The van der Waals surface area contributed by atoms with Crippen LogP contribution in [0.2, 0.25) is 0 Å². The third-order valence-corrected chi connectivity index (χ3v) is 6.41. The fourth-order valence-corrected chi connectivity index (χ4v) is 4.54. The van der Waals surface area contributed by atoms with E-state index < -0.39 is 0 Å². The number of ether oxygens (including phenoxy) is 3. The van der Waals surface area contributed by atoms with E-state index in [-0.39, 0.29) is 5.91 Å². The predicted octanol–water partition coefficient (Wildman–Crippen LogP) is 7.32. The number of benzene rings is 4. The van der Waals surface area contributed by atoms with Crippen molar-refractivity contribution in [1.82, 2.24) is 0 Å². The Morgan fingerprint density at radius 1 is 0.811 bits per heavy atom. The lowest BCUT2D eigenvalue weighted by Gasteiger charge is -2.11. The molecule has 0 aliphatic heterocycles. The Morgan fingerprint density at radius 2 is 1.57 bits per heavy atom. The molecule has 0 atom stereocenters. The van der Waals surface area contributed by atoms with Crippen LogP contribution in [0.3, 0.4) is 0 Å². The fourth-order valence-electron chi connectivity index (χ4n) is 4.54. The highest BCUT2D eigenvalue weighted by Gasteiger charge is 2.16. The third kappa shape index (κ3) is 4.61. The van der Waals surface area contributed by atoms with E-state index in [2.05, 4.69) is 5.32 Å². The SMILES string of the molecule is COc1ccc(-c2coc3cc(OC)c(/C(C)=C/C(=O)Nc4cccc5ccccc45)cc23)cc1OC. The summed E-state index contributed by atoms with van der Waals surface area (Å²) in [5, 5.41) is 5.96. The summed E-state index contributed by atoms with van der Waals surface area (Å²) in [4.78, 5) is 13.0. The van der Waals surface area contributed by atoms with Gasteiger partial charge in [-0.25, -0.2) is 0 Å². The third-order valence-electron chi connectivity index (χ3n) is 6.41. The van der Waals surface area contributed by atoms with Crippen molar-refractivity contribution in [3.63, 3.8) is 0 Å². The summed E-state index contributed by atoms with van der Waals surface area (Å²) in [5.41, 5.74) is 4.82. The van der Waals surface area contributed by atoms with Crippen molar-refractivity contribution in [2.75, 3.05) is 26.6 Å². The number of fused-ring (bicyclic) bond motifs is 2. The molecule has 4 aromatic carbocycles. The first-order valence-electron chi connectivity index (χ1n) is 11.8. The molecule has 1 N–H and O–H groups in total. The van der Waals surface area contributed by atoms with Crippen LogP contribution in [0.15, 0.2) is 89.6 Å². The van der Waals surface area contributed by atoms with Crippen LogP contribution in [0.4, 0.5) is 5.69 Å². The van der Waals surface area contributed by atoms with Crippen LogP contribution in [0.25, 0.3) is 38.4 Å². The Kier molecular flexibility index (Phi) is 6.56. The van der Waals surface area contributed by atoms with Crippen molar-refractivity contribution in [3.05, 3.63) is 90.7 Å². The fraction of sp³-hybridized carbons (Fsp3) is 0.129. The van der Waals surface area contributed by atoms with E-state index in [9.17, 15) is 4.79 Å². The summed E-state index contributed by atoms with van der Waals surface area (Å²) in [6, 6.07) is 23.4. The van der Waals surface area contributed by atoms with Gasteiger partial charge in [0.15, 0.2) is 11.5 Å². The molecular formula is C31H27NO5. The minimum absolute atomic E-state index is 0.219. The molecule has 37 heavy (non-hydrogen) atoms. The van der Waals surface area contributed by atoms with Gasteiger partial charge >= 0.3 is 0 Å². The second-order valence-corrected chi connectivity index (χ2v) is 8.61. The van der Waals surface area contributed by atoms with Crippen molar-refractivity contribution >= 4 is 38.9 Å².